The maximum absolute atomic E-state index is 12.8. The van der Waals surface area contributed by atoms with Crippen LogP contribution in [0.25, 0.3) is 0 Å². The summed E-state index contributed by atoms with van der Waals surface area (Å²) in [6.45, 7) is 5.16. The minimum atomic E-state index is -0.228. The molecule has 3 aromatic rings. The normalized spacial score (nSPS) is 10.5. The minimum absolute atomic E-state index is 0.186. The largest absolute Gasteiger partial charge is 0.497 e. The van der Waals surface area contributed by atoms with Gasteiger partial charge in [-0.15, -0.1) is 0 Å². The van der Waals surface area contributed by atoms with Crippen molar-refractivity contribution in [1.82, 2.24) is 9.88 Å². The van der Waals surface area contributed by atoms with E-state index in [0.717, 1.165) is 24.2 Å². The number of aromatic nitrogens is 1. The van der Waals surface area contributed by atoms with Gasteiger partial charge in [-0.2, -0.15) is 0 Å². The molecule has 1 aromatic heterocycles. The average Bonchev–Trinajstić information content (AvgIpc) is 2.79. The summed E-state index contributed by atoms with van der Waals surface area (Å²) in [5, 5.41) is 2.93. The molecule has 0 atom stereocenters. The molecule has 31 heavy (non-hydrogen) atoms. The summed E-state index contributed by atoms with van der Waals surface area (Å²) < 4.78 is 13.1. The van der Waals surface area contributed by atoms with E-state index in [1.54, 1.807) is 37.4 Å². The molecule has 0 saturated heterocycles. The van der Waals surface area contributed by atoms with Crippen molar-refractivity contribution in [2.75, 3.05) is 7.11 Å². The van der Waals surface area contributed by atoms with Gasteiger partial charge in [-0.05, 0) is 43.2 Å². The van der Waals surface area contributed by atoms with Crippen LogP contribution in [-0.2, 0) is 19.7 Å². The van der Waals surface area contributed by atoms with Gasteiger partial charge < -0.3 is 19.4 Å². The van der Waals surface area contributed by atoms with Crippen molar-refractivity contribution in [3.8, 4) is 11.5 Å². The summed E-state index contributed by atoms with van der Waals surface area (Å²) in [7, 11) is 1.58. The number of rotatable bonds is 9. The van der Waals surface area contributed by atoms with Gasteiger partial charge >= 0.3 is 0 Å². The van der Waals surface area contributed by atoms with Gasteiger partial charge in [0, 0.05) is 23.9 Å². The zero-order chi connectivity index (χ0) is 22.2. The number of ether oxygens (including phenoxy) is 2. The lowest BCUT2D eigenvalue weighted by Gasteiger charge is -2.20. The van der Waals surface area contributed by atoms with Crippen LogP contribution in [0.3, 0.4) is 0 Å². The lowest BCUT2D eigenvalue weighted by molar-refractivity contribution is 0.0949. The van der Waals surface area contributed by atoms with Crippen LogP contribution in [-0.4, -0.2) is 17.6 Å². The first-order valence-electron chi connectivity index (χ1n) is 10.4. The molecule has 0 bridgehead atoms. The van der Waals surface area contributed by atoms with E-state index < -0.39 is 0 Å². The van der Waals surface area contributed by atoms with E-state index in [1.807, 2.05) is 41.8 Å². The van der Waals surface area contributed by atoms with Crippen LogP contribution >= 0.6 is 0 Å². The maximum atomic E-state index is 12.8. The van der Waals surface area contributed by atoms with E-state index in [-0.39, 0.29) is 30.2 Å². The lowest BCUT2D eigenvalue weighted by Crippen LogP contribution is -2.28. The van der Waals surface area contributed by atoms with Crippen LogP contribution in [0.2, 0.25) is 0 Å². The standard InChI is InChI=1S/C25H28N2O4/c1-4-14-27-18(2)15-23(28)24(31-17-19-8-6-5-7-9-19)22(27)16-26-25(29)20-10-12-21(30-3)13-11-20/h5-13,15H,4,14,16-17H2,1-3H3,(H,26,29). The molecule has 3 rings (SSSR count). The van der Waals surface area contributed by atoms with Crippen LogP contribution in [0.4, 0.5) is 0 Å². The fourth-order valence-corrected chi connectivity index (χ4v) is 3.41. The van der Waals surface area contributed by atoms with Crippen LogP contribution in [0, 0.1) is 6.92 Å². The van der Waals surface area contributed by atoms with Crippen molar-refractivity contribution < 1.29 is 14.3 Å². The molecule has 0 aliphatic rings. The van der Waals surface area contributed by atoms with Gasteiger partial charge in [0.1, 0.15) is 12.4 Å². The Kier molecular flexibility index (Phi) is 7.49. The zero-order valence-electron chi connectivity index (χ0n) is 18.2. The van der Waals surface area contributed by atoms with Crippen molar-refractivity contribution in [2.24, 2.45) is 0 Å². The fraction of sp³-hybridized carbons (Fsp3) is 0.280. The predicted molar refractivity (Wildman–Crippen MR) is 121 cm³/mol. The number of amides is 1. The summed E-state index contributed by atoms with van der Waals surface area (Å²) in [5.74, 6) is 0.732. The average molecular weight is 421 g/mol. The quantitative estimate of drug-likeness (QED) is 0.566. The summed E-state index contributed by atoms with van der Waals surface area (Å²) >= 11 is 0. The number of carbonyl (C=O) groups excluding carboxylic acids is 1. The first-order chi connectivity index (χ1) is 15.0. The SMILES string of the molecule is CCCn1c(C)cc(=O)c(OCc2ccccc2)c1CNC(=O)c1ccc(OC)cc1. The number of nitrogens with zero attached hydrogens (tertiary/aromatic N) is 1. The van der Waals surface area contributed by atoms with Crippen molar-refractivity contribution in [3.63, 3.8) is 0 Å². The second kappa shape index (κ2) is 10.5. The van der Waals surface area contributed by atoms with Gasteiger partial charge in [0.25, 0.3) is 5.91 Å². The van der Waals surface area contributed by atoms with E-state index in [2.05, 4.69) is 12.2 Å². The van der Waals surface area contributed by atoms with Crippen LogP contribution in [0.1, 0.15) is 40.7 Å². The number of benzene rings is 2. The molecular weight excluding hydrogens is 392 g/mol. The Balaban J connectivity index is 1.86. The molecule has 0 unspecified atom stereocenters. The zero-order valence-corrected chi connectivity index (χ0v) is 18.2. The highest BCUT2D eigenvalue weighted by Gasteiger charge is 2.17. The highest BCUT2D eigenvalue weighted by molar-refractivity contribution is 5.94. The molecule has 162 valence electrons. The molecule has 0 fully saturated rings. The summed E-state index contributed by atoms with van der Waals surface area (Å²) in [5.41, 5.74) is 2.81. The van der Waals surface area contributed by atoms with Gasteiger partial charge in [-0.3, -0.25) is 9.59 Å². The molecule has 6 nitrogen and oxygen atoms in total. The second-order valence-corrected chi connectivity index (χ2v) is 7.26. The van der Waals surface area contributed by atoms with Gasteiger partial charge in [-0.25, -0.2) is 0 Å². The molecule has 0 aliphatic heterocycles. The summed E-state index contributed by atoms with van der Waals surface area (Å²) in [6.07, 6.45) is 0.890. The fourth-order valence-electron chi connectivity index (χ4n) is 3.41. The Morgan fingerprint density at radius 1 is 1.06 bits per heavy atom. The number of nitrogens with one attached hydrogen (secondary N) is 1. The molecule has 1 amide bonds. The van der Waals surface area contributed by atoms with E-state index in [0.29, 0.717) is 17.0 Å². The first-order valence-corrected chi connectivity index (χ1v) is 10.4. The van der Waals surface area contributed by atoms with E-state index in [1.165, 1.54) is 0 Å². The van der Waals surface area contributed by atoms with Gasteiger partial charge in [0.15, 0.2) is 5.75 Å². The highest BCUT2D eigenvalue weighted by Crippen LogP contribution is 2.19. The molecule has 2 aromatic carbocycles. The van der Waals surface area contributed by atoms with E-state index >= 15 is 0 Å². The topological polar surface area (TPSA) is 69.6 Å². The van der Waals surface area contributed by atoms with Crippen LogP contribution in [0.5, 0.6) is 11.5 Å². The third-order valence-electron chi connectivity index (χ3n) is 5.02. The third-order valence-corrected chi connectivity index (χ3v) is 5.02. The Morgan fingerprint density at radius 2 is 1.77 bits per heavy atom. The monoisotopic (exact) mass is 420 g/mol. The van der Waals surface area contributed by atoms with Crippen LogP contribution < -0.4 is 20.2 Å². The summed E-state index contributed by atoms with van der Waals surface area (Å²) in [6, 6.07) is 18.2. The highest BCUT2D eigenvalue weighted by atomic mass is 16.5. The Labute approximate surface area is 182 Å². The van der Waals surface area contributed by atoms with Crippen LogP contribution in [0.15, 0.2) is 65.5 Å². The van der Waals surface area contributed by atoms with Gasteiger partial charge in [0.05, 0.1) is 19.3 Å². The van der Waals surface area contributed by atoms with Crippen molar-refractivity contribution >= 4 is 5.91 Å². The molecule has 0 saturated carbocycles. The Bertz CT molecular complexity index is 1070. The molecular formula is C25H28N2O4. The molecule has 1 N–H and O–H groups in total. The number of hydrogen-bond acceptors (Lipinski definition) is 4. The van der Waals surface area contributed by atoms with Gasteiger partial charge in [-0.1, -0.05) is 37.3 Å². The predicted octanol–water partition coefficient (Wildman–Crippen LogP) is 4.08. The molecule has 6 heteroatoms. The number of carbonyl (C=O) groups is 1. The van der Waals surface area contributed by atoms with Crippen molar-refractivity contribution in [3.05, 3.63) is 93.4 Å². The Hall–Kier alpha value is -3.54. The number of hydrogen-bond donors (Lipinski definition) is 1. The van der Waals surface area contributed by atoms with Gasteiger partial charge in [0.2, 0.25) is 5.43 Å². The van der Waals surface area contributed by atoms with E-state index in [9.17, 15) is 9.59 Å². The molecule has 0 radical (unpaired) electrons. The summed E-state index contributed by atoms with van der Waals surface area (Å²) in [4.78, 5) is 25.4. The minimum Gasteiger partial charge on any atom is -0.497 e. The second-order valence-electron chi connectivity index (χ2n) is 7.26. The smallest absolute Gasteiger partial charge is 0.251 e. The third kappa shape index (κ3) is 5.54. The lowest BCUT2D eigenvalue weighted by atomic mass is 10.2. The van der Waals surface area contributed by atoms with Crippen molar-refractivity contribution in [2.45, 2.75) is 40.0 Å². The molecule has 0 aliphatic carbocycles. The number of pyridine rings is 1. The number of aryl methyl sites for hydroxylation is 1. The Morgan fingerprint density at radius 3 is 2.42 bits per heavy atom. The molecule has 0 spiro atoms. The number of methoxy groups -OCH3 is 1. The van der Waals surface area contributed by atoms with Crippen molar-refractivity contribution in [1.29, 1.82) is 0 Å². The molecule has 1 heterocycles. The van der Waals surface area contributed by atoms with E-state index in [4.69, 9.17) is 9.47 Å². The maximum Gasteiger partial charge on any atom is 0.251 e. The first kappa shape index (κ1) is 22.2.